The van der Waals surface area contributed by atoms with E-state index < -0.39 is 11.2 Å². The van der Waals surface area contributed by atoms with Gasteiger partial charge in [0, 0.05) is 20.3 Å². The van der Waals surface area contributed by atoms with Gasteiger partial charge in [-0.25, -0.2) is 9.79 Å². The summed E-state index contributed by atoms with van der Waals surface area (Å²) in [4.78, 5) is 27.7. The first-order chi connectivity index (χ1) is 8.40. The quantitative estimate of drug-likeness (QED) is 0.711. The Bertz CT molecular complexity index is 710. The van der Waals surface area contributed by atoms with Crippen LogP contribution in [0.5, 0.6) is 0 Å². The van der Waals surface area contributed by atoms with Crippen LogP contribution in [-0.2, 0) is 14.1 Å². The molecule has 1 aromatic rings. The first-order valence-corrected chi connectivity index (χ1v) is 5.81. The molecule has 1 aliphatic rings. The minimum absolute atomic E-state index is 0.0837. The predicted octanol–water partition coefficient (Wildman–Crippen LogP) is -0.536. The fourth-order valence-corrected chi connectivity index (χ4v) is 2.21. The monoisotopic (exact) mass is 265 g/mol. The van der Waals surface area contributed by atoms with Crippen LogP contribution in [0.2, 0.25) is 0 Å². The van der Waals surface area contributed by atoms with E-state index in [-0.39, 0.29) is 11.0 Å². The highest BCUT2D eigenvalue weighted by Crippen LogP contribution is 2.25. The second-order valence-corrected chi connectivity index (χ2v) is 4.79. The van der Waals surface area contributed by atoms with E-state index in [0.29, 0.717) is 10.5 Å². The second kappa shape index (κ2) is 4.30. The lowest BCUT2D eigenvalue weighted by atomic mass is 10.3. The molecule has 1 aliphatic heterocycles. The van der Waals surface area contributed by atoms with E-state index >= 15 is 0 Å². The third kappa shape index (κ3) is 2.02. The summed E-state index contributed by atoms with van der Waals surface area (Å²) < 4.78 is 2.33. The summed E-state index contributed by atoms with van der Waals surface area (Å²) in [6.07, 6.45) is 2.97. The SMILES string of the molecule is Cn1cc(C=C2SC(=N)N=C2N)c(=O)n(C)c1=O. The van der Waals surface area contributed by atoms with E-state index in [9.17, 15) is 9.59 Å². The van der Waals surface area contributed by atoms with Crippen molar-refractivity contribution in [1.29, 1.82) is 5.41 Å². The zero-order chi connectivity index (χ0) is 13.4. The maximum absolute atomic E-state index is 11.9. The third-order valence-electron chi connectivity index (χ3n) is 2.44. The normalized spacial score (nSPS) is 17.3. The van der Waals surface area contributed by atoms with Crippen molar-refractivity contribution >= 4 is 28.8 Å². The van der Waals surface area contributed by atoms with Crippen LogP contribution in [0.15, 0.2) is 25.7 Å². The fourth-order valence-electron chi connectivity index (χ4n) is 1.52. The lowest BCUT2D eigenvalue weighted by Crippen LogP contribution is -2.37. The van der Waals surface area contributed by atoms with Crippen molar-refractivity contribution in [2.24, 2.45) is 24.8 Å². The van der Waals surface area contributed by atoms with E-state index in [0.717, 1.165) is 16.3 Å². The van der Waals surface area contributed by atoms with E-state index in [2.05, 4.69) is 4.99 Å². The zero-order valence-electron chi connectivity index (χ0n) is 9.80. The molecule has 3 N–H and O–H groups in total. The Balaban J connectivity index is 2.59. The number of aliphatic imine (C=N–C) groups is 1. The van der Waals surface area contributed by atoms with E-state index in [4.69, 9.17) is 11.1 Å². The van der Waals surface area contributed by atoms with Crippen LogP contribution in [0.1, 0.15) is 5.56 Å². The topological polar surface area (TPSA) is 106 Å². The number of amidine groups is 2. The Morgan fingerprint density at radius 1 is 1.44 bits per heavy atom. The zero-order valence-corrected chi connectivity index (χ0v) is 10.6. The average Bonchev–Trinajstić information content (AvgIpc) is 2.62. The van der Waals surface area contributed by atoms with Crippen molar-refractivity contribution < 1.29 is 0 Å². The van der Waals surface area contributed by atoms with Gasteiger partial charge < -0.3 is 10.3 Å². The molecule has 18 heavy (non-hydrogen) atoms. The molecule has 2 rings (SSSR count). The van der Waals surface area contributed by atoms with Crippen molar-refractivity contribution in [2.75, 3.05) is 0 Å². The van der Waals surface area contributed by atoms with Gasteiger partial charge in [-0.05, 0) is 17.8 Å². The van der Waals surface area contributed by atoms with Gasteiger partial charge >= 0.3 is 5.69 Å². The van der Waals surface area contributed by atoms with Crippen LogP contribution in [0.4, 0.5) is 0 Å². The fraction of sp³-hybridized carbons (Fsp3) is 0.200. The van der Waals surface area contributed by atoms with Gasteiger partial charge in [0.05, 0.1) is 10.5 Å². The summed E-state index contributed by atoms with van der Waals surface area (Å²) in [7, 11) is 2.97. The molecule has 0 spiro atoms. The lowest BCUT2D eigenvalue weighted by Gasteiger charge is -2.04. The summed E-state index contributed by atoms with van der Waals surface area (Å²) in [6, 6.07) is 0. The highest BCUT2D eigenvalue weighted by atomic mass is 32.2. The molecule has 2 heterocycles. The number of hydrogen-bond donors (Lipinski definition) is 2. The van der Waals surface area contributed by atoms with Crippen molar-refractivity contribution in [3.63, 3.8) is 0 Å². The molecule has 0 saturated heterocycles. The summed E-state index contributed by atoms with van der Waals surface area (Å²) in [5.41, 5.74) is 5.15. The van der Waals surface area contributed by atoms with Crippen LogP contribution < -0.4 is 17.0 Å². The van der Waals surface area contributed by atoms with Crippen LogP contribution in [0.3, 0.4) is 0 Å². The van der Waals surface area contributed by atoms with Gasteiger partial charge in [0.2, 0.25) is 0 Å². The third-order valence-corrected chi connectivity index (χ3v) is 3.27. The molecule has 8 heteroatoms. The summed E-state index contributed by atoms with van der Waals surface area (Å²) in [5.74, 6) is 0.209. The van der Waals surface area contributed by atoms with Crippen molar-refractivity contribution in [3.8, 4) is 0 Å². The first-order valence-electron chi connectivity index (χ1n) is 4.99. The van der Waals surface area contributed by atoms with E-state index in [1.807, 2.05) is 0 Å². The highest BCUT2D eigenvalue weighted by molar-refractivity contribution is 8.18. The van der Waals surface area contributed by atoms with Gasteiger partial charge in [-0.1, -0.05) is 0 Å². The van der Waals surface area contributed by atoms with Crippen LogP contribution >= 0.6 is 11.8 Å². The summed E-state index contributed by atoms with van der Waals surface area (Å²) in [5, 5.41) is 7.45. The van der Waals surface area contributed by atoms with Gasteiger partial charge in [-0.3, -0.25) is 14.8 Å². The Labute approximate surface area is 106 Å². The van der Waals surface area contributed by atoms with Gasteiger partial charge in [-0.2, -0.15) is 0 Å². The van der Waals surface area contributed by atoms with Gasteiger partial charge in [0.15, 0.2) is 5.17 Å². The smallest absolute Gasteiger partial charge is 0.330 e. The van der Waals surface area contributed by atoms with Crippen LogP contribution in [0.25, 0.3) is 6.08 Å². The maximum atomic E-state index is 11.9. The number of thioether (sulfide) groups is 1. The molecule has 0 aromatic carbocycles. The van der Waals surface area contributed by atoms with Crippen molar-refractivity contribution in [3.05, 3.63) is 37.5 Å². The molecule has 0 aliphatic carbocycles. The number of nitrogens with one attached hydrogen (secondary N) is 1. The highest BCUT2D eigenvalue weighted by Gasteiger charge is 2.17. The van der Waals surface area contributed by atoms with Crippen LogP contribution in [0, 0.1) is 5.41 Å². The standard InChI is InChI=1S/C10H11N5O2S/c1-14-4-5(8(16)15(2)10(14)17)3-6-7(11)13-9(12)18-6/h3-4H,1-2H3,(H3,11,12,13). The van der Waals surface area contributed by atoms with Gasteiger partial charge in [0.25, 0.3) is 5.56 Å². The molecule has 0 saturated carbocycles. The molecule has 94 valence electrons. The first kappa shape index (κ1) is 12.4. The Morgan fingerprint density at radius 3 is 2.67 bits per heavy atom. The Hall–Kier alpha value is -2.09. The average molecular weight is 265 g/mol. The summed E-state index contributed by atoms with van der Waals surface area (Å²) >= 11 is 1.07. The minimum atomic E-state index is -0.405. The van der Waals surface area contributed by atoms with Gasteiger partial charge in [-0.15, -0.1) is 0 Å². The summed E-state index contributed by atoms with van der Waals surface area (Å²) in [6.45, 7) is 0. The molecule has 0 radical (unpaired) electrons. The van der Waals surface area contributed by atoms with E-state index in [1.54, 1.807) is 7.05 Å². The number of hydrogen-bond acceptors (Lipinski definition) is 5. The van der Waals surface area contributed by atoms with Crippen LogP contribution in [-0.4, -0.2) is 20.1 Å². The molecule has 0 amide bonds. The number of rotatable bonds is 1. The second-order valence-electron chi connectivity index (χ2n) is 3.75. The number of aromatic nitrogens is 2. The number of aryl methyl sites for hydroxylation is 1. The Kier molecular flexibility index (Phi) is 2.95. The molecule has 0 fully saturated rings. The molecular formula is C10H11N5O2S. The molecule has 0 atom stereocenters. The van der Waals surface area contributed by atoms with E-state index in [1.165, 1.54) is 23.9 Å². The molecule has 7 nitrogen and oxygen atoms in total. The molecule has 1 aromatic heterocycles. The minimum Gasteiger partial charge on any atom is -0.383 e. The molecular weight excluding hydrogens is 254 g/mol. The Morgan fingerprint density at radius 2 is 2.11 bits per heavy atom. The number of nitrogens with two attached hydrogens (primary N) is 1. The maximum Gasteiger partial charge on any atom is 0.330 e. The lowest BCUT2D eigenvalue weighted by molar-refractivity contribution is 0.683. The van der Waals surface area contributed by atoms with Gasteiger partial charge in [0.1, 0.15) is 5.84 Å². The number of nitrogens with zero attached hydrogens (tertiary/aromatic N) is 3. The van der Waals surface area contributed by atoms with Crippen molar-refractivity contribution in [1.82, 2.24) is 9.13 Å². The largest absolute Gasteiger partial charge is 0.383 e. The molecule has 0 unspecified atom stereocenters. The molecule has 0 bridgehead atoms. The predicted molar refractivity (Wildman–Crippen MR) is 71.8 cm³/mol. The van der Waals surface area contributed by atoms with Crippen molar-refractivity contribution in [2.45, 2.75) is 0 Å².